The number of aromatic nitrogens is 1. The van der Waals surface area contributed by atoms with E-state index in [1.54, 1.807) is 6.20 Å². The molecule has 1 aliphatic carbocycles. The maximum Gasteiger partial charge on any atom is 0.227 e. The Kier molecular flexibility index (Phi) is 7.28. The Balaban J connectivity index is 1.12. The normalized spacial score (nSPS) is 14.3. The number of benzene rings is 7. The first-order valence-corrected chi connectivity index (χ1v) is 17.9. The topological polar surface area (TPSA) is 29.3 Å². The first-order chi connectivity index (χ1) is 25.8. The van der Waals surface area contributed by atoms with Gasteiger partial charge in [-0.25, -0.2) is 4.98 Å². The molecule has 0 N–H and O–H groups in total. The molecule has 2 aromatic heterocycles. The zero-order chi connectivity index (χ0) is 34.4. The molecule has 0 saturated carbocycles. The van der Waals surface area contributed by atoms with Crippen LogP contribution in [0.5, 0.6) is 0 Å². The lowest BCUT2D eigenvalue weighted by Gasteiger charge is -2.30. The van der Waals surface area contributed by atoms with Crippen LogP contribution in [0.25, 0.3) is 65.9 Å². The molecule has 0 aliphatic heterocycles. The highest BCUT2D eigenvalue weighted by atomic mass is 16.3. The fourth-order valence-corrected chi connectivity index (χ4v) is 7.88. The summed E-state index contributed by atoms with van der Waals surface area (Å²) in [5.41, 5.74) is 10.9. The highest BCUT2D eigenvalue weighted by Crippen LogP contribution is 2.46. The second kappa shape index (κ2) is 12.6. The van der Waals surface area contributed by atoms with Crippen molar-refractivity contribution < 1.29 is 4.42 Å². The largest absolute Gasteiger partial charge is 0.435 e. The van der Waals surface area contributed by atoms with Crippen molar-refractivity contribution in [2.24, 2.45) is 0 Å². The Bertz CT molecular complexity index is 2820. The molecule has 1 atom stereocenters. The smallest absolute Gasteiger partial charge is 0.227 e. The molecule has 52 heavy (non-hydrogen) atoms. The molecule has 0 bridgehead atoms. The van der Waals surface area contributed by atoms with Crippen molar-refractivity contribution in [3.05, 3.63) is 199 Å². The second-order valence-corrected chi connectivity index (χ2v) is 13.5. The van der Waals surface area contributed by atoms with Gasteiger partial charge in [-0.05, 0) is 86.8 Å². The molecule has 1 unspecified atom stereocenters. The quantitative estimate of drug-likeness (QED) is 0.177. The van der Waals surface area contributed by atoms with Crippen molar-refractivity contribution in [3.63, 3.8) is 0 Å². The summed E-state index contributed by atoms with van der Waals surface area (Å²) >= 11 is 0. The zero-order valence-corrected chi connectivity index (χ0v) is 28.5. The first kappa shape index (κ1) is 30.1. The van der Waals surface area contributed by atoms with Gasteiger partial charge in [-0.15, -0.1) is 0 Å². The number of furan rings is 1. The minimum Gasteiger partial charge on any atom is -0.435 e. The number of fused-ring (bicyclic) bond motifs is 5. The molecule has 246 valence electrons. The molecule has 1 aliphatic rings. The van der Waals surface area contributed by atoms with Gasteiger partial charge in [0.2, 0.25) is 5.71 Å². The molecule has 7 aromatic carbocycles. The number of allylic oxidation sites excluding steroid dienone is 3. The fourth-order valence-electron chi connectivity index (χ4n) is 7.88. The molecule has 0 amide bonds. The summed E-state index contributed by atoms with van der Waals surface area (Å²) in [4.78, 5) is 7.01. The summed E-state index contributed by atoms with van der Waals surface area (Å²) in [6, 6.07) is 58.6. The van der Waals surface area contributed by atoms with Crippen molar-refractivity contribution in [3.8, 4) is 22.3 Å². The van der Waals surface area contributed by atoms with Gasteiger partial charge in [0.05, 0.1) is 5.69 Å². The van der Waals surface area contributed by atoms with Crippen molar-refractivity contribution in [2.75, 3.05) is 4.90 Å². The Morgan fingerprint density at radius 1 is 0.558 bits per heavy atom. The Morgan fingerprint density at radius 2 is 1.29 bits per heavy atom. The first-order valence-electron chi connectivity index (χ1n) is 17.9. The van der Waals surface area contributed by atoms with Crippen LogP contribution in [-0.4, -0.2) is 4.98 Å². The second-order valence-electron chi connectivity index (χ2n) is 13.5. The molecule has 2 heterocycles. The fraction of sp³-hybridized carbons (Fsp3) is 0.0408. The standard InChI is InChI=1S/C49H34N2O/c1-2-11-33(12-3-1)37-16-8-17-38(31-37)34-22-26-40(27-23-34)51(41-28-24-36(25-29-41)43-20-9-15-35-13-4-6-18-42(35)43)47-44-19-7-5-14-39(44)32-46-45-21-10-30-50-49(45)52-48(46)47/h1-22,24-32,34H,23H2. The minimum absolute atomic E-state index is 0.269. The predicted octanol–water partition coefficient (Wildman–Crippen LogP) is 13.4. The van der Waals surface area contributed by atoms with E-state index in [-0.39, 0.29) is 5.92 Å². The van der Waals surface area contributed by atoms with Gasteiger partial charge in [0.15, 0.2) is 5.58 Å². The van der Waals surface area contributed by atoms with E-state index in [0.29, 0.717) is 5.71 Å². The summed E-state index contributed by atoms with van der Waals surface area (Å²) in [7, 11) is 0. The molecular weight excluding hydrogens is 633 g/mol. The molecule has 3 nitrogen and oxygen atoms in total. The van der Waals surface area contributed by atoms with Gasteiger partial charge in [0.25, 0.3) is 0 Å². The van der Waals surface area contributed by atoms with E-state index in [1.165, 1.54) is 38.6 Å². The van der Waals surface area contributed by atoms with E-state index >= 15 is 0 Å². The van der Waals surface area contributed by atoms with Crippen LogP contribution in [0.2, 0.25) is 0 Å². The van der Waals surface area contributed by atoms with E-state index in [9.17, 15) is 0 Å². The molecule has 0 fully saturated rings. The SMILES string of the molecule is C1=CC(c2cccc(-c3ccccc3)c2)CC=C1N(c1ccc(-c2cccc3ccccc23)cc1)c1c2ccccc2cc2c1oc1ncccc12. The zero-order valence-electron chi connectivity index (χ0n) is 28.5. The minimum atomic E-state index is 0.269. The Hall–Kier alpha value is -6.71. The summed E-state index contributed by atoms with van der Waals surface area (Å²) in [5, 5.41) is 6.85. The maximum atomic E-state index is 6.67. The van der Waals surface area contributed by atoms with Crippen LogP contribution >= 0.6 is 0 Å². The van der Waals surface area contributed by atoms with E-state index in [2.05, 4.69) is 186 Å². The van der Waals surface area contributed by atoms with Crippen molar-refractivity contribution >= 4 is 55.0 Å². The van der Waals surface area contributed by atoms with Crippen LogP contribution in [0.15, 0.2) is 198 Å². The van der Waals surface area contributed by atoms with Crippen LogP contribution in [0.1, 0.15) is 17.9 Å². The Labute approximate surface area is 302 Å². The van der Waals surface area contributed by atoms with Crippen molar-refractivity contribution in [1.29, 1.82) is 0 Å². The highest BCUT2D eigenvalue weighted by Gasteiger charge is 2.25. The lowest BCUT2D eigenvalue weighted by atomic mass is 9.89. The van der Waals surface area contributed by atoms with Gasteiger partial charge in [-0.3, -0.25) is 0 Å². The van der Waals surface area contributed by atoms with Crippen LogP contribution in [0, 0.1) is 0 Å². The van der Waals surface area contributed by atoms with Crippen molar-refractivity contribution in [1.82, 2.24) is 4.98 Å². The van der Waals surface area contributed by atoms with E-state index in [0.717, 1.165) is 50.6 Å². The van der Waals surface area contributed by atoms with Gasteiger partial charge < -0.3 is 9.32 Å². The van der Waals surface area contributed by atoms with Crippen LogP contribution < -0.4 is 4.90 Å². The molecule has 0 radical (unpaired) electrons. The van der Waals surface area contributed by atoms with E-state index < -0.39 is 0 Å². The molecule has 3 heteroatoms. The lowest BCUT2D eigenvalue weighted by Crippen LogP contribution is -2.18. The average Bonchev–Trinajstić information content (AvgIpc) is 3.59. The number of pyridine rings is 1. The van der Waals surface area contributed by atoms with Gasteiger partial charge >= 0.3 is 0 Å². The third kappa shape index (κ3) is 5.18. The van der Waals surface area contributed by atoms with Crippen LogP contribution in [0.3, 0.4) is 0 Å². The number of hydrogen-bond acceptors (Lipinski definition) is 3. The van der Waals surface area contributed by atoms with Gasteiger partial charge in [0.1, 0.15) is 0 Å². The predicted molar refractivity (Wildman–Crippen MR) is 217 cm³/mol. The third-order valence-corrected chi connectivity index (χ3v) is 10.4. The molecule has 10 rings (SSSR count). The van der Waals surface area contributed by atoms with E-state index in [4.69, 9.17) is 4.42 Å². The van der Waals surface area contributed by atoms with Crippen molar-refractivity contribution in [2.45, 2.75) is 12.3 Å². The summed E-state index contributed by atoms with van der Waals surface area (Å²) in [6.45, 7) is 0. The third-order valence-electron chi connectivity index (χ3n) is 10.4. The monoisotopic (exact) mass is 666 g/mol. The van der Waals surface area contributed by atoms with Gasteiger partial charge in [-0.1, -0.05) is 146 Å². The Morgan fingerprint density at radius 3 is 2.13 bits per heavy atom. The number of hydrogen-bond donors (Lipinski definition) is 0. The van der Waals surface area contributed by atoms with Gasteiger partial charge in [0, 0.05) is 39.7 Å². The molecule has 0 saturated heterocycles. The molecule has 9 aromatic rings. The summed E-state index contributed by atoms with van der Waals surface area (Å²) in [6.07, 6.45) is 9.71. The molecular formula is C49H34N2O. The number of rotatable bonds is 6. The highest BCUT2D eigenvalue weighted by molar-refractivity contribution is 6.18. The number of nitrogens with zero attached hydrogens (tertiary/aromatic N) is 2. The van der Waals surface area contributed by atoms with Crippen LogP contribution in [0.4, 0.5) is 11.4 Å². The van der Waals surface area contributed by atoms with Gasteiger partial charge in [-0.2, -0.15) is 0 Å². The average molecular weight is 667 g/mol. The number of anilines is 2. The summed E-state index contributed by atoms with van der Waals surface area (Å²) < 4.78 is 6.67. The molecule has 0 spiro atoms. The summed E-state index contributed by atoms with van der Waals surface area (Å²) in [5.74, 6) is 0.269. The maximum absolute atomic E-state index is 6.67. The van der Waals surface area contributed by atoms with E-state index in [1.807, 2.05) is 6.07 Å². The lowest BCUT2D eigenvalue weighted by molar-refractivity contribution is 0.654. The van der Waals surface area contributed by atoms with Crippen LogP contribution in [-0.2, 0) is 0 Å².